The lowest BCUT2D eigenvalue weighted by atomic mass is 10.0. The molecule has 1 aliphatic heterocycles. The average Bonchev–Trinajstić information content (AvgIpc) is 3.22. The summed E-state index contributed by atoms with van der Waals surface area (Å²) in [6, 6.07) is 11.0. The molecule has 7 heteroatoms. The number of halogens is 1. The predicted molar refractivity (Wildman–Crippen MR) is 118 cm³/mol. The summed E-state index contributed by atoms with van der Waals surface area (Å²) in [5.41, 5.74) is 4.63. The highest BCUT2D eigenvalue weighted by Crippen LogP contribution is 2.28. The number of carbonyl (C=O) groups is 1. The lowest BCUT2D eigenvalue weighted by molar-refractivity contribution is -0.133. The van der Waals surface area contributed by atoms with Gasteiger partial charge in [0, 0.05) is 28.6 Å². The van der Waals surface area contributed by atoms with E-state index in [1.165, 1.54) is 0 Å². The molecule has 158 valence electrons. The zero-order chi connectivity index (χ0) is 21.5. The third-order valence-corrected chi connectivity index (χ3v) is 7.63. The van der Waals surface area contributed by atoms with Crippen molar-refractivity contribution in [1.82, 2.24) is 4.90 Å². The highest BCUT2D eigenvalue weighted by atomic mass is 35.5. The first kappa shape index (κ1) is 20.9. The summed E-state index contributed by atoms with van der Waals surface area (Å²) in [7, 11) is -3.12. The molecule has 0 N–H and O–H groups in total. The molecule has 0 spiro atoms. The Morgan fingerprint density at radius 1 is 1.23 bits per heavy atom. The molecule has 1 aliphatic rings. The smallest absolute Gasteiger partial charge is 0.227 e. The van der Waals surface area contributed by atoms with E-state index in [2.05, 4.69) is 6.07 Å². The Labute approximate surface area is 181 Å². The van der Waals surface area contributed by atoms with Gasteiger partial charge in [0.1, 0.15) is 5.58 Å². The molecule has 0 saturated carbocycles. The third-order valence-electron chi connectivity index (χ3n) is 5.65. The SMILES string of the molecule is Cc1cc(C)c2c(CC(=O)N(Cc3cccc(Cl)c3)[C@H]3CCS(=O)(=O)C3)coc2c1. The standard InChI is InChI=1S/C23H24ClNO4S/c1-15-8-16(2)23-18(13-29-21(23)9-15)11-22(26)25(20-6-7-30(27,28)14-20)12-17-4-3-5-19(24)10-17/h3-5,8-10,13,20H,6-7,11-12,14H2,1-2H3/t20-/m0/s1. The van der Waals surface area contributed by atoms with Crippen LogP contribution in [0.3, 0.4) is 0 Å². The molecule has 1 fully saturated rings. The molecule has 0 bridgehead atoms. The van der Waals surface area contributed by atoms with Crippen LogP contribution in [0.2, 0.25) is 5.02 Å². The number of hydrogen-bond acceptors (Lipinski definition) is 4. The van der Waals surface area contributed by atoms with Gasteiger partial charge in [0.25, 0.3) is 0 Å². The van der Waals surface area contributed by atoms with Crippen molar-refractivity contribution in [2.75, 3.05) is 11.5 Å². The molecule has 1 atom stereocenters. The number of benzene rings is 2. The van der Waals surface area contributed by atoms with Crippen molar-refractivity contribution in [3.05, 3.63) is 69.9 Å². The topological polar surface area (TPSA) is 67.6 Å². The Hall–Kier alpha value is -2.31. The monoisotopic (exact) mass is 445 g/mol. The van der Waals surface area contributed by atoms with Crippen molar-refractivity contribution in [1.29, 1.82) is 0 Å². The van der Waals surface area contributed by atoms with Crippen molar-refractivity contribution in [3.8, 4) is 0 Å². The zero-order valence-electron chi connectivity index (χ0n) is 17.0. The molecule has 5 nitrogen and oxygen atoms in total. The summed E-state index contributed by atoms with van der Waals surface area (Å²) < 4.78 is 29.8. The molecule has 1 amide bonds. The van der Waals surface area contributed by atoms with E-state index in [4.69, 9.17) is 16.0 Å². The molecule has 4 rings (SSSR count). The molecule has 0 radical (unpaired) electrons. The molecule has 1 aromatic heterocycles. The number of sulfone groups is 1. The van der Waals surface area contributed by atoms with E-state index in [1.807, 2.05) is 38.1 Å². The van der Waals surface area contributed by atoms with Crippen LogP contribution in [-0.2, 0) is 27.6 Å². The summed E-state index contributed by atoms with van der Waals surface area (Å²) in [6.07, 6.45) is 2.25. The van der Waals surface area contributed by atoms with Gasteiger partial charge in [-0.1, -0.05) is 29.8 Å². The summed E-state index contributed by atoms with van der Waals surface area (Å²) in [5.74, 6) is 0.00739. The maximum Gasteiger partial charge on any atom is 0.227 e. The molecule has 3 aromatic rings. The number of nitrogens with zero attached hydrogens (tertiary/aromatic N) is 1. The van der Waals surface area contributed by atoms with E-state index in [-0.39, 0.29) is 29.9 Å². The van der Waals surface area contributed by atoms with E-state index in [0.717, 1.165) is 33.2 Å². The lowest BCUT2D eigenvalue weighted by Crippen LogP contribution is -2.41. The number of rotatable bonds is 5. The van der Waals surface area contributed by atoms with Crippen LogP contribution in [0.4, 0.5) is 0 Å². The largest absolute Gasteiger partial charge is 0.464 e. The van der Waals surface area contributed by atoms with Crippen LogP contribution < -0.4 is 0 Å². The van der Waals surface area contributed by atoms with Crippen LogP contribution in [-0.4, -0.2) is 36.8 Å². The van der Waals surface area contributed by atoms with Gasteiger partial charge in [-0.05, 0) is 55.2 Å². The van der Waals surface area contributed by atoms with Gasteiger partial charge in [-0.25, -0.2) is 8.42 Å². The molecule has 30 heavy (non-hydrogen) atoms. The molecular formula is C23H24ClNO4S. The van der Waals surface area contributed by atoms with E-state index < -0.39 is 9.84 Å². The van der Waals surface area contributed by atoms with Gasteiger partial charge in [-0.3, -0.25) is 4.79 Å². The van der Waals surface area contributed by atoms with Crippen molar-refractivity contribution in [3.63, 3.8) is 0 Å². The van der Waals surface area contributed by atoms with Crippen molar-refractivity contribution < 1.29 is 17.6 Å². The van der Waals surface area contributed by atoms with E-state index in [9.17, 15) is 13.2 Å². The van der Waals surface area contributed by atoms with Gasteiger partial charge < -0.3 is 9.32 Å². The average molecular weight is 446 g/mol. The quantitative estimate of drug-likeness (QED) is 0.581. The number of fused-ring (bicyclic) bond motifs is 1. The van der Waals surface area contributed by atoms with Gasteiger partial charge in [0.05, 0.1) is 24.2 Å². The van der Waals surface area contributed by atoms with E-state index in [1.54, 1.807) is 17.2 Å². The van der Waals surface area contributed by atoms with Gasteiger partial charge in [0.2, 0.25) is 5.91 Å². The van der Waals surface area contributed by atoms with Crippen molar-refractivity contribution >= 4 is 38.3 Å². The molecular weight excluding hydrogens is 422 g/mol. The van der Waals surface area contributed by atoms with Crippen LogP contribution in [0.25, 0.3) is 11.0 Å². The first-order valence-electron chi connectivity index (χ1n) is 9.93. The van der Waals surface area contributed by atoms with Crippen LogP contribution in [0, 0.1) is 13.8 Å². The minimum absolute atomic E-state index is 0.00363. The van der Waals surface area contributed by atoms with Crippen LogP contribution in [0.15, 0.2) is 47.1 Å². The minimum atomic E-state index is -3.12. The fraction of sp³-hybridized carbons (Fsp3) is 0.348. The number of aryl methyl sites for hydroxylation is 2. The van der Waals surface area contributed by atoms with Gasteiger partial charge in [-0.15, -0.1) is 0 Å². The molecule has 2 heterocycles. The predicted octanol–water partition coefficient (Wildman–Crippen LogP) is 4.46. The Bertz CT molecular complexity index is 1220. The van der Waals surface area contributed by atoms with Gasteiger partial charge >= 0.3 is 0 Å². The number of furan rings is 1. The van der Waals surface area contributed by atoms with Gasteiger partial charge in [-0.2, -0.15) is 0 Å². The Kier molecular flexibility index (Phi) is 5.64. The van der Waals surface area contributed by atoms with E-state index in [0.29, 0.717) is 18.0 Å². The lowest BCUT2D eigenvalue weighted by Gasteiger charge is -2.28. The fourth-order valence-corrected chi connectivity index (χ4v) is 6.24. The maximum absolute atomic E-state index is 13.4. The molecule has 1 saturated heterocycles. The first-order valence-corrected chi connectivity index (χ1v) is 12.1. The van der Waals surface area contributed by atoms with E-state index >= 15 is 0 Å². The Morgan fingerprint density at radius 2 is 2.03 bits per heavy atom. The summed E-state index contributed by atoms with van der Waals surface area (Å²) >= 11 is 6.11. The van der Waals surface area contributed by atoms with Crippen molar-refractivity contribution in [2.24, 2.45) is 0 Å². The summed E-state index contributed by atoms with van der Waals surface area (Å²) in [4.78, 5) is 15.1. The molecule has 2 aromatic carbocycles. The van der Waals surface area contributed by atoms with Crippen LogP contribution >= 0.6 is 11.6 Å². The highest BCUT2D eigenvalue weighted by molar-refractivity contribution is 7.91. The molecule has 0 aliphatic carbocycles. The normalized spacial score (nSPS) is 18.0. The number of carbonyl (C=O) groups excluding carboxylic acids is 1. The second-order valence-electron chi connectivity index (χ2n) is 8.10. The first-order chi connectivity index (χ1) is 14.2. The second kappa shape index (κ2) is 8.08. The Morgan fingerprint density at radius 3 is 2.73 bits per heavy atom. The van der Waals surface area contributed by atoms with Crippen molar-refractivity contribution in [2.45, 2.75) is 39.3 Å². The number of amides is 1. The summed E-state index contributed by atoms with van der Waals surface area (Å²) in [6.45, 7) is 4.34. The fourth-order valence-electron chi connectivity index (χ4n) is 4.30. The second-order valence-corrected chi connectivity index (χ2v) is 10.8. The van der Waals surface area contributed by atoms with Gasteiger partial charge in [0.15, 0.2) is 9.84 Å². The summed E-state index contributed by atoms with van der Waals surface area (Å²) in [5, 5.41) is 1.54. The molecule has 0 unspecified atom stereocenters. The third kappa shape index (κ3) is 4.40. The van der Waals surface area contributed by atoms with Crippen LogP contribution in [0.1, 0.15) is 28.7 Å². The number of hydrogen-bond donors (Lipinski definition) is 0. The maximum atomic E-state index is 13.4. The minimum Gasteiger partial charge on any atom is -0.464 e. The highest BCUT2D eigenvalue weighted by Gasteiger charge is 2.35. The van der Waals surface area contributed by atoms with Crippen LogP contribution in [0.5, 0.6) is 0 Å². The Balaban J connectivity index is 1.64. The zero-order valence-corrected chi connectivity index (χ0v) is 18.6.